The van der Waals surface area contributed by atoms with Gasteiger partial charge in [-0.1, -0.05) is 30.3 Å². The molecule has 1 saturated heterocycles. The number of carbonyl (C=O) groups is 2. The van der Waals surface area contributed by atoms with E-state index in [1.165, 1.54) is 0 Å². The fraction of sp³-hybridized carbons (Fsp3) is 0.579. The number of nitrogens with one attached hydrogen (secondary N) is 1. The minimum absolute atomic E-state index is 0.206. The van der Waals surface area contributed by atoms with Gasteiger partial charge in [-0.05, 0) is 39.7 Å². The molecule has 1 N–H and O–H groups in total. The molecule has 1 aromatic carbocycles. The van der Waals surface area contributed by atoms with E-state index in [2.05, 4.69) is 5.32 Å². The average molecular weight is 386 g/mol. The first-order chi connectivity index (χ1) is 12.4. The number of rotatable bonds is 3. The number of piperidine rings is 1. The molecule has 1 aliphatic rings. The minimum Gasteiger partial charge on any atom is -0.444 e. The highest BCUT2D eigenvalue weighted by Crippen LogP contribution is 2.35. The molecule has 3 atom stereocenters. The van der Waals surface area contributed by atoms with Gasteiger partial charge in [0, 0.05) is 12.0 Å². The Morgan fingerprint density at radius 3 is 2.33 bits per heavy atom. The van der Waals surface area contributed by atoms with Gasteiger partial charge >= 0.3 is 12.3 Å². The second-order valence-corrected chi connectivity index (χ2v) is 7.77. The topological polar surface area (TPSA) is 58.6 Å². The Hall–Kier alpha value is -2.25. The second kappa shape index (κ2) is 7.78. The Kier molecular flexibility index (Phi) is 6.07. The number of carbonyl (C=O) groups excluding carboxylic acids is 2. The minimum atomic E-state index is -4.53. The van der Waals surface area contributed by atoms with Crippen molar-refractivity contribution in [2.45, 2.75) is 63.9 Å². The van der Waals surface area contributed by atoms with Crippen LogP contribution in [0.1, 0.15) is 45.6 Å². The fourth-order valence-electron chi connectivity index (χ4n) is 3.27. The third-order valence-electron chi connectivity index (χ3n) is 4.41. The van der Waals surface area contributed by atoms with E-state index in [0.717, 1.165) is 10.5 Å². The number of nitrogens with zero attached hydrogens (tertiary/aromatic N) is 1. The first-order valence-electron chi connectivity index (χ1n) is 8.79. The van der Waals surface area contributed by atoms with Gasteiger partial charge < -0.3 is 15.0 Å². The molecule has 27 heavy (non-hydrogen) atoms. The van der Waals surface area contributed by atoms with Crippen molar-refractivity contribution in [2.75, 3.05) is 6.54 Å². The summed E-state index contributed by atoms with van der Waals surface area (Å²) in [6.07, 6.45) is -5.15. The summed E-state index contributed by atoms with van der Waals surface area (Å²) >= 11 is 0. The van der Waals surface area contributed by atoms with Gasteiger partial charge in [-0.25, -0.2) is 4.79 Å². The quantitative estimate of drug-likeness (QED) is 0.859. The van der Waals surface area contributed by atoms with Gasteiger partial charge in [0.05, 0.1) is 0 Å². The smallest absolute Gasteiger partial charge is 0.408 e. The largest absolute Gasteiger partial charge is 0.444 e. The van der Waals surface area contributed by atoms with E-state index in [9.17, 15) is 22.8 Å². The van der Waals surface area contributed by atoms with E-state index in [0.29, 0.717) is 0 Å². The molecule has 2 amide bonds. The normalized spacial score (nSPS) is 23.9. The molecule has 0 spiro atoms. The Bertz CT molecular complexity index is 671. The molecule has 1 fully saturated rings. The summed E-state index contributed by atoms with van der Waals surface area (Å²) in [6.45, 7) is 5.24. The summed E-state index contributed by atoms with van der Waals surface area (Å²) in [6, 6.07) is 7.29. The predicted octanol–water partition coefficient (Wildman–Crippen LogP) is 3.85. The molecule has 1 unspecified atom stereocenters. The van der Waals surface area contributed by atoms with Crippen molar-refractivity contribution < 1.29 is 27.5 Å². The molecular weight excluding hydrogens is 361 g/mol. The van der Waals surface area contributed by atoms with Crippen LogP contribution in [0.25, 0.3) is 0 Å². The van der Waals surface area contributed by atoms with Crippen molar-refractivity contribution in [3.63, 3.8) is 0 Å². The molecule has 1 heterocycles. The molecule has 150 valence electrons. The second-order valence-electron chi connectivity index (χ2n) is 7.77. The maximum atomic E-state index is 13.0. The summed E-state index contributed by atoms with van der Waals surface area (Å²) in [5, 5.41) is 2.44. The van der Waals surface area contributed by atoms with E-state index < -0.39 is 42.4 Å². The van der Waals surface area contributed by atoms with Crippen LogP contribution in [0.15, 0.2) is 30.3 Å². The summed E-state index contributed by atoms with van der Waals surface area (Å²) in [5.41, 5.74) is 0.0419. The maximum absolute atomic E-state index is 13.0. The third kappa shape index (κ3) is 5.87. The van der Waals surface area contributed by atoms with Gasteiger partial charge in [-0.3, -0.25) is 4.79 Å². The van der Waals surface area contributed by atoms with Crippen molar-refractivity contribution in [1.82, 2.24) is 10.2 Å². The van der Waals surface area contributed by atoms with Crippen LogP contribution in [-0.2, 0) is 9.53 Å². The standard InChI is InChI=1S/C19H25F3N2O3/c1-12-14(13-8-6-5-7-9-13)10-15(23-17(26)27-18(2,3)4)16(25)24(12)11-19(20,21)22/h5-9,12,14-15H,10-11H2,1-4H3,(H,23,26)/t12-,14-,15?/m1/s1. The van der Waals surface area contributed by atoms with Gasteiger partial charge in [0.1, 0.15) is 18.2 Å². The number of benzene rings is 1. The van der Waals surface area contributed by atoms with Crippen molar-refractivity contribution >= 4 is 12.0 Å². The van der Waals surface area contributed by atoms with Crippen molar-refractivity contribution in [1.29, 1.82) is 0 Å². The summed E-state index contributed by atoms with van der Waals surface area (Å²) in [4.78, 5) is 25.5. The van der Waals surface area contributed by atoms with Gasteiger partial charge in [0.15, 0.2) is 0 Å². The Morgan fingerprint density at radius 1 is 1.22 bits per heavy atom. The Labute approximate surface area is 156 Å². The zero-order chi connectivity index (χ0) is 20.4. The number of ether oxygens (including phenoxy) is 1. The zero-order valence-electron chi connectivity index (χ0n) is 15.8. The summed E-state index contributed by atoms with van der Waals surface area (Å²) in [7, 11) is 0. The molecule has 0 aliphatic carbocycles. The molecule has 0 radical (unpaired) electrons. The lowest BCUT2D eigenvalue weighted by atomic mass is 9.82. The molecule has 1 aromatic rings. The number of alkyl halides is 3. The van der Waals surface area contributed by atoms with Crippen LogP contribution in [0.4, 0.5) is 18.0 Å². The summed E-state index contributed by atoms with van der Waals surface area (Å²) < 4.78 is 44.2. The zero-order valence-corrected chi connectivity index (χ0v) is 15.8. The number of halogens is 3. The fourth-order valence-corrected chi connectivity index (χ4v) is 3.27. The lowest BCUT2D eigenvalue weighted by molar-refractivity contribution is -0.170. The monoisotopic (exact) mass is 386 g/mol. The SMILES string of the molecule is C[C@@H]1[C@H](c2ccccc2)CC(NC(=O)OC(C)(C)C)C(=O)N1CC(F)(F)F. The van der Waals surface area contributed by atoms with Crippen LogP contribution < -0.4 is 5.32 Å². The van der Waals surface area contributed by atoms with Crippen LogP contribution in [0.5, 0.6) is 0 Å². The summed E-state index contributed by atoms with van der Waals surface area (Å²) in [5.74, 6) is -1.09. The lowest BCUT2D eigenvalue weighted by Gasteiger charge is -2.43. The Balaban J connectivity index is 2.27. The molecule has 0 saturated carbocycles. The van der Waals surface area contributed by atoms with Crippen LogP contribution in [0.3, 0.4) is 0 Å². The molecule has 0 aromatic heterocycles. The van der Waals surface area contributed by atoms with Crippen molar-refractivity contribution in [2.24, 2.45) is 0 Å². The van der Waals surface area contributed by atoms with E-state index in [1.54, 1.807) is 39.8 Å². The molecule has 1 aliphatic heterocycles. The van der Waals surface area contributed by atoms with E-state index in [1.807, 2.05) is 18.2 Å². The van der Waals surface area contributed by atoms with Crippen LogP contribution in [-0.4, -0.2) is 47.3 Å². The van der Waals surface area contributed by atoms with E-state index in [4.69, 9.17) is 4.74 Å². The number of likely N-dealkylation sites (tertiary alicyclic amines) is 1. The molecular formula is C19H25F3N2O3. The van der Waals surface area contributed by atoms with Gasteiger partial charge in [-0.15, -0.1) is 0 Å². The third-order valence-corrected chi connectivity index (χ3v) is 4.41. The van der Waals surface area contributed by atoms with Crippen LogP contribution in [0, 0.1) is 0 Å². The van der Waals surface area contributed by atoms with E-state index in [-0.39, 0.29) is 12.3 Å². The lowest BCUT2D eigenvalue weighted by Crippen LogP contribution is -2.60. The molecule has 8 heteroatoms. The van der Waals surface area contributed by atoms with Crippen molar-refractivity contribution in [3.05, 3.63) is 35.9 Å². The predicted molar refractivity (Wildman–Crippen MR) is 94.2 cm³/mol. The molecule has 5 nitrogen and oxygen atoms in total. The van der Waals surface area contributed by atoms with Gasteiger partial charge in [0.2, 0.25) is 5.91 Å². The van der Waals surface area contributed by atoms with Crippen LogP contribution in [0.2, 0.25) is 0 Å². The number of amides is 2. The Morgan fingerprint density at radius 2 is 1.81 bits per heavy atom. The first-order valence-corrected chi connectivity index (χ1v) is 8.79. The van der Waals surface area contributed by atoms with E-state index >= 15 is 0 Å². The highest BCUT2D eigenvalue weighted by atomic mass is 19.4. The van der Waals surface area contributed by atoms with Crippen molar-refractivity contribution in [3.8, 4) is 0 Å². The average Bonchev–Trinajstić information content (AvgIpc) is 2.52. The maximum Gasteiger partial charge on any atom is 0.408 e. The number of hydrogen-bond donors (Lipinski definition) is 1. The van der Waals surface area contributed by atoms with Gasteiger partial charge in [-0.2, -0.15) is 13.2 Å². The first kappa shape index (κ1) is 21.1. The highest BCUT2D eigenvalue weighted by Gasteiger charge is 2.45. The number of hydrogen-bond acceptors (Lipinski definition) is 3. The van der Waals surface area contributed by atoms with Gasteiger partial charge in [0.25, 0.3) is 0 Å². The highest BCUT2D eigenvalue weighted by molar-refractivity contribution is 5.87. The number of alkyl carbamates (subject to hydrolysis) is 1. The van der Waals surface area contributed by atoms with Crippen LogP contribution >= 0.6 is 0 Å². The molecule has 2 rings (SSSR count). The molecule has 0 bridgehead atoms.